The van der Waals surface area contributed by atoms with E-state index in [4.69, 9.17) is 5.26 Å². The van der Waals surface area contributed by atoms with Crippen LogP contribution in [0, 0.1) is 16.7 Å². The molecule has 1 aromatic carbocycles. The minimum atomic E-state index is 0.259. The zero-order chi connectivity index (χ0) is 16.0. The fourth-order valence-electron chi connectivity index (χ4n) is 2.82. The molecule has 1 aliphatic heterocycles. The second-order valence-electron chi connectivity index (χ2n) is 6.24. The van der Waals surface area contributed by atoms with Gasteiger partial charge in [-0.15, -0.1) is 0 Å². The van der Waals surface area contributed by atoms with E-state index in [0.29, 0.717) is 0 Å². The lowest BCUT2D eigenvalue weighted by Crippen LogP contribution is -2.40. The predicted molar refractivity (Wildman–Crippen MR) is 89.9 cm³/mol. The van der Waals surface area contributed by atoms with Crippen LogP contribution in [-0.4, -0.2) is 18.0 Å². The number of benzene rings is 1. The zero-order valence-corrected chi connectivity index (χ0v) is 14.3. The Labute approximate surface area is 130 Å². The molecule has 0 unspecified atom stereocenters. The van der Waals surface area contributed by atoms with Crippen LogP contribution in [0.2, 0.25) is 0 Å². The Kier molecular flexibility index (Phi) is 6.18. The van der Waals surface area contributed by atoms with Gasteiger partial charge in [0, 0.05) is 19.6 Å². The van der Waals surface area contributed by atoms with Crippen molar-refractivity contribution >= 4 is 0 Å². The molecular formula is C19H28N2. The highest BCUT2D eigenvalue weighted by Crippen LogP contribution is 2.34. The van der Waals surface area contributed by atoms with E-state index in [1.54, 1.807) is 0 Å². The van der Waals surface area contributed by atoms with Gasteiger partial charge in [0.2, 0.25) is 0 Å². The second-order valence-corrected chi connectivity index (χ2v) is 6.24. The number of hydrogen-bond acceptors (Lipinski definition) is 2. The van der Waals surface area contributed by atoms with Gasteiger partial charge in [0.1, 0.15) is 0 Å². The summed E-state index contributed by atoms with van der Waals surface area (Å²) in [5.41, 5.74) is 5.29. The molecule has 1 aromatic rings. The fourth-order valence-corrected chi connectivity index (χ4v) is 2.82. The Balaban J connectivity index is 0.00000106. The lowest BCUT2D eigenvalue weighted by Gasteiger charge is -2.40. The third kappa shape index (κ3) is 4.44. The summed E-state index contributed by atoms with van der Waals surface area (Å²) in [6, 6.07) is 10.1. The Hall–Kier alpha value is -1.59. The fraction of sp³-hybridized carbons (Fsp3) is 0.526. The average molecular weight is 284 g/mol. The summed E-state index contributed by atoms with van der Waals surface area (Å²) >= 11 is 0. The van der Waals surface area contributed by atoms with Crippen molar-refractivity contribution in [3.05, 3.63) is 46.5 Å². The van der Waals surface area contributed by atoms with E-state index in [0.717, 1.165) is 25.2 Å². The molecule has 0 aliphatic carbocycles. The van der Waals surface area contributed by atoms with E-state index in [1.807, 2.05) is 26.0 Å². The minimum absolute atomic E-state index is 0.259. The summed E-state index contributed by atoms with van der Waals surface area (Å²) in [5, 5.41) is 8.82. The van der Waals surface area contributed by atoms with Crippen molar-refractivity contribution in [2.75, 3.05) is 13.1 Å². The molecule has 2 nitrogen and oxygen atoms in total. The Morgan fingerprint density at radius 1 is 1.14 bits per heavy atom. The SMILES string of the molecule is CC.CC1=C(C)C(C)(C)CN(Cc2ccc(C#N)cc2)C1. The van der Waals surface area contributed by atoms with Crippen LogP contribution in [0.4, 0.5) is 0 Å². The van der Waals surface area contributed by atoms with Crippen molar-refractivity contribution in [3.8, 4) is 6.07 Å². The highest BCUT2D eigenvalue weighted by molar-refractivity contribution is 5.32. The van der Waals surface area contributed by atoms with Gasteiger partial charge >= 0.3 is 0 Å². The Bertz CT molecular complexity index is 530. The molecule has 0 atom stereocenters. The maximum atomic E-state index is 8.82. The smallest absolute Gasteiger partial charge is 0.0991 e. The maximum absolute atomic E-state index is 8.82. The molecule has 0 aromatic heterocycles. The summed E-state index contributed by atoms with van der Waals surface area (Å²) in [6.45, 7) is 16.2. The molecule has 0 spiro atoms. The van der Waals surface area contributed by atoms with Crippen molar-refractivity contribution in [3.63, 3.8) is 0 Å². The van der Waals surface area contributed by atoms with Crippen LogP contribution in [0.15, 0.2) is 35.4 Å². The summed E-state index contributed by atoms with van der Waals surface area (Å²) in [4.78, 5) is 2.49. The molecule has 2 rings (SSSR count). The van der Waals surface area contributed by atoms with Gasteiger partial charge in [0.15, 0.2) is 0 Å². The molecule has 0 fully saturated rings. The van der Waals surface area contributed by atoms with Crippen LogP contribution in [0.1, 0.15) is 52.7 Å². The van der Waals surface area contributed by atoms with Gasteiger partial charge in [-0.2, -0.15) is 5.26 Å². The van der Waals surface area contributed by atoms with E-state index in [-0.39, 0.29) is 5.41 Å². The number of nitrogens with zero attached hydrogens (tertiary/aromatic N) is 2. The van der Waals surface area contributed by atoms with Crippen molar-refractivity contribution in [2.24, 2.45) is 5.41 Å². The quantitative estimate of drug-likeness (QED) is 0.732. The molecule has 1 aliphatic rings. The van der Waals surface area contributed by atoms with Crippen molar-refractivity contribution in [2.45, 2.75) is 48.1 Å². The van der Waals surface area contributed by atoms with Crippen LogP contribution >= 0.6 is 0 Å². The predicted octanol–water partition coefficient (Wildman–Crippen LogP) is 4.76. The van der Waals surface area contributed by atoms with Gasteiger partial charge < -0.3 is 0 Å². The van der Waals surface area contributed by atoms with E-state index in [9.17, 15) is 0 Å². The van der Waals surface area contributed by atoms with Gasteiger partial charge in [-0.3, -0.25) is 4.90 Å². The van der Waals surface area contributed by atoms with Gasteiger partial charge in [0.05, 0.1) is 11.6 Å². The van der Waals surface area contributed by atoms with E-state index in [1.165, 1.54) is 16.7 Å². The molecule has 0 saturated carbocycles. The van der Waals surface area contributed by atoms with Crippen LogP contribution in [-0.2, 0) is 6.54 Å². The van der Waals surface area contributed by atoms with E-state index < -0.39 is 0 Å². The highest BCUT2D eigenvalue weighted by Gasteiger charge is 2.29. The topological polar surface area (TPSA) is 27.0 Å². The molecule has 0 amide bonds. The van der Waals surface area contributed by atoms with Gasteiger partial charge in [-0.05, 0) is 37.0 Å². The second kappa shape index (κ2) is 7.43. The largest absolute Gasteiger partial charge is 0.294 e. The molecule has 0 saturated heterocycles. The molecule has 1 heterocycles. The van der Waals surface area contributed by atoms with Crippen molar-refractivity contribution in [1.29, 1.82) is 5.26 Å². The van der Waals surface area contributed by atoms with E-state index >= 15 is 0 Å². The minimum Gasteiger partial charge on any atom is -0.294 e. The van der Waals surface area contributed by atoms with Crippen LogP contribution in [0.5, 0.6) is 0 Å². The number of rotatable bonds is 2. The monoisotopic (exact) mass is 284 g/mol. The molecule has 2 heteroatoms. The molecular weight excluding hydrogens is 256 g/mol. The van der Waals surface area contributed by atoms with Gasteiger partial charge in [0.25, 0.3) is 0 Å². The third-order valence-electron chi connectivity index (χ3n) is 4.22. The van der Waals surface area contributed by atoms with Crippen molar-refractivity contribution < 1.29 is 0 Å². The molecule has 21 heavy (non-hydrogen) atoms. The van der Waals surface area contributed by atoms with Crippen molar-refractivity contribution in [1.82, 2.24) is 4.90 Å². The molecule has 0 bridgehead atoms. The van der Waals surface area contributed by atoms with Crippen LogP contribution < -0.4 is 0 Å². The molecule has 114 valence electrons. The third-order valence-corrected chi connectivity index (χ3v) is 4.22. The number of nitriles is 1. The highest BCUT2D eigenvalue weighted by atomic mass is 15.1. The zero-order valence-electron chi connectivity index (χ0n) is 14.3. The Morgan fingerprint density at radius 3 is 2.19 bits per heavy atom. The maximum Gasteiger partial charge on any atom is 0.0991 e. The normalized spacial score (nSPS) is 17.8. The molecule has 0 N–H and O–H groups in total. The number of hydrogen-bond donors (Lipinski definition) is 0. The Morgan fingerprint density at radius 2 is 1.71 bits per heavy atom. The van der Waals surface area contributed by atoms with Gasteiger partial charge in [-0.25, -0.2) is 0 Å². The first-order chi connectivity index (χ1) is 9.92. The summed E-state index contributed by atoms with van der Waals surface area (Å²) in [5.74, 6) is 0. The van der Waals surface area contributed by atoms with Gasteiger partial charge in [-0.1, -0.05) is 51.0 Å². The van der Waals surface area contributed by atoms with Crippen LogP contribution in [0.25, 0.3) is 0 Å². The van der Waals surface area contributed by atoms with Crippen LogP contribution in [0.3, 0.4) is 0 Å². The average Bonchev–Trinajstić information content (AvgIpc) is 2.47. The summed E-state index contributed by atoms with van der Waals surface area (Å²) in [6.07, 6.45) is 0. The lowest BCUT2D eigenvalue weighted by molar-refractivity contribution is 0.187. The first-order valence-electron chi connectivity index (χ1n) is 7.80. The summed E-state index contributed by atoms with van der Waals surface area (Å²) in [7, 11) is 0. The molecule has 0 radical (unpaired) electrons. The first kappa shape index (κ1) is 17.5. The standard InChI is InChI=1S/C17H22N2.C2H6/c1-13-10-19(12-17(3,4)14(13)2)11-16-7-5-15(9-18)6-8-16;1-2/h5-8H,10-12H2,1-4H3;1-2H3. The summed E-state index contributed by atoms with van der Waals surface area (Å²) < 4.78 is 0. The lowest BCUT2D eigenvalue weighted by atomic mass is 9.79. The first-order valence-corrected chi connectivity index (χ1v) is 7.80. The van der Waals surface area contributed by atoms with E-state index in [2.05, 4.69) is 50.8 Å².